The van der Waals surface area contributed by atoms with Crippen LogP contribution in [0.3, 0.4) is 0 Å². The molecule has 0 unspecified atom stereocenters. The first kappa shape index (κ1) is 27.1. The zero-order valence-electron chi connectivity index (χ0n) is 15.8. The van der Waals surface area contributed by atoms with Crippen LogP contribution in [0.1, 0.15) is 45.2 Å². The summed E-state index contributed by atoms with van der Waals surface area (Å²) in [5, 5.41) is 0. The van der Waals surface area contributed by atoms with E-state index in [-0.39, 0.29) is 46.5 Å². The monoisotopic (exact) mass is 423 g/mol. The molecule has 1 nitrogen and oxygen atoms in total. The van der Waals surface area contributed by atoms with Crippen molar-refractivity contribution in [1.82, 2.24) is 0 Å². The molecule has 0 saturated heterocycles. The van der Waals surface area contributed by atoms with Gasteiger partial charge in [-0.2, -0.15) is 18.1 Å². The summed E-state index contributed by atoms with van der Waals surface area (Å²) in [5.74, 6) is 0. The van der Waals surface area contributed by atoms with Crippen LogP contribution in [0.5, 0.6) is 0 Å². The molecule has 1 aliphatic rings. The van der Waals surface area contributed by atoms with Crippen LogP contribution in [0.4, 0.5) is 5.69 Å². The Bertz CT molecular complexity index is 737. The van der Waals surface area contributed by atoms with E-state index in [0.717, 1.165) is 6.42 Å². The molecule has 0 aliphatic heterocycles. The minimum absolute atomic E-state index is 0. The average molecular weight is 424 g/mol. The maximum absolute atomic E-state index is 7.00. The molecule has 26 heavy (non-hydrogen) atoms. The van der Waals surface area contributed by atoms with Crippen molar-refractivity contribution in [3.05, 3.63) is 94.6 Å². The Kier molecular flexibility index (Phi) is 13.7. The van der Waals surface area contributed by atoms with Gasteiger partial charge < -0.3 is 5.73 Å². The predicted octanol–water partition coefficient (Wildman–Crippen LogP) is 7.98. The third-order valence-corrected chi connectivity index (χ3v) is 4.47. The van der Waals surface area contributed by atoms with Gasteiger partial charge in [0.25, 0.3) is 0 Å². The van der Waals surface area contributed by atoms with E-state index in [1.807, 2.05) is 18.2 Å². The number of hydrogen-bond donors (Lipinski definition) is 0. The Balaban J connectivity index is 0. The number of benzene rings is 2. The fraction of sp³-hybridized carbons (Fsp3) is 0.227. The van der Waals surface area contributed by atoms with Gasteiger partial charge in [0.1, 0.15) is 0 Å². The van der Waals surface area contributed by atoms with Crippen LogP contribution >= 0.6 is 24.8 Å². The van der Waals surface area contributed by atoms with Crippen LogP contribution in [-0.4, -0.2) is 0 Å². The molecule has 0 spiro atoms. The number of halogens is 2. The van der Waals surface area contributed by atoms with Crippen LogP contribution in [0.15, 0.2) is 71.3 Å². The zero-order valence-corrected chi connectivity index (χ0v) is 19.0. The van der Waals surface area contributed by atoms with E-state index in [2.05, 4.69) is 58.4 Å². The molecule has 1 aliphatic carbocycles. The number of allylic oxidation sites excluding steroid dienone is 4. The molecule has 4 heteroatoms. The second-order valence-electron chi connectivity index (χ2n) is 5.93. The third kappa shape index (κ3) is 6.89. The summed E-state index contributed by atoms with van der Waals surface area (Å²) in [6.45, 7) is 8.82. The third-order valence-electron chi connectivity index (χ3n) is 4.47. The SMILES string of the molecule is C[CH-]c1ccccc1C1=C(C)C(C)=C(C)C1.Cl.Cl.[NH-]c1ccccc1.[Ti+2]. The molecule has 0 radical (unpaired) electrons. The first-order valence-electron chi connectivity index (χ1n) is 8.06. The molecule has 0 heterocycles. The number of hydrogen-bond acceptors (Lipinski definition) is 0. The van der Waals surface area contributed by atoms with Gasteiger partial charge in [-0.15, -0.1) is 48.2 Å². The van der Waals surface area contributed by atoms with Crippen molar-refractivity contribution in [2.75, 3.05) is 0 Å². The Morgan fingerprint density at radius 1 is 0.808 bits per heavy atom. The zero-order chi connectivity index (χ0) is 16.8. The first-order chi connectivity index (χ1) is 11.0. The van der Waals surface area contributed by atoms with E-state index in [9.17, 15) is 0 Å². The summed E-state index contributed by atoms with van der Waals surface area (Å²) >= 11 is 0. The quantitative estimate of drug-likeness (QED) is 0.345. The summed E-state index contributed by atoms with van der Waals surface area (Å²) in [7, 11) is 0. The van der Waals surface area contributed by atoms with Crippen molar-refractivity contribution in [1.29, 1.82) is 0 Å². The summed E-state index contributed by atoms with van der Waals surface area (Å²) < 4.78 is 0. The molecule has 0 aromatic heterocycles. The fourth-order valence-electron chi connectivity index (χ4n) is 2.84. The molecule has 2 aromatic carbocycles. The van der Waals surface area contributed by atoms with Gasteiger partial charge in [-0.1, -0.05) is 60.0 Å². The molecular formula is C22H27Cl2NTi. The van der Waals surface area contributed by atoms with Gasteiger partial charge in [0.2, 0.25) is 0 Å². The van der Waals surface area contributed by atoms with Gasteiger partial charge in [0.05, 0.1) is 0 Å². The topological polar surface area (TPSA) is 23.8 Å². The van der Waals surface area contributed by atoms with Gasteiger partial charge >= 0.3 is 21.7 Å². The Morgan fingerprint density at radius 2 is 1.35 bits per heavy atom. The van der Waals surface area contributed by atoms with Crippen LogP contribution < -0.4 is 0 Å². The van der Waals surface area contributed by atoms with Crippen molar-refractivity contribution in [2.45, 2.75) is 34.1 Å². The van der Waals surface area contributed by atoms with Gasteiger partial charge in [-0.25, -0.2) is 0 Å². The summed E-state index contributed by atoms with van der Waals surface area (Å²) in [5.41, 5.74) is 16.3. The maximum atomic E-state index is 7.00. The molecule has 0 fully saturated rings. The van der Waals surface area contributed by atoms with Crippen molar-refractivity contribution < 1.29 is 21.7 Å². The molecular weight excluding hydrogens is 397 g/mol. The van der Waals surface area contributed by atoms with E-state index in [4.69, 9.17) is 5.73 Å². The number of rotatable bonds is 2. The van der Waals surface area contributed by atoms with E-state index in [1.54, 1.807) is 12.1 Å². The summed E-state index contributed by atoms with van der Waals surface area (Å²) in [6.07, 6.45) is 3.31. The van der Waals surface area contributed by atoms with Crippen molar-refractivity contribution >= 4 is 36.1 Å². The van der Waals surface area contributed by atoms with E-state index < -0.39 is 0 Å². The second kappa shape index (κ2) is 13.1. The number of nitrogens with one attached hydrogen (secondary N) is 1. The van der Waals surface area contributed by atoms with Crippen LogP contribution in [0.2, 0.25) is 0 Å². The largest absolute Gasteiger partial charge is 2.00 e. The Labute approximate surface area is 185 Å². The molecule has 0 bridgehead atoms. The van der Waals surface area contributed by atoms with E-state index in [0.29, 0.717) is 5.69 Å². The van der Waals surface area contributed by atoms with Crippen molar-refractivity contribution in [2.24, 2.45) is 0 Å². The molecule has 0 saturated carbocycles. The van der Waals surface area contributed by atoms with Crippen molar-refractivity contribution in [3.63, 3.8) is 0 Å². The smallest absolute Gasteiger partial charge is 0.699 e. The van der Waals surface area contributed by atoms with Crippen LogP contribution in [0, 0.1) is 6.42 Å². The minimum atomic E-state index is 0. The molecule has 138 valence electrons. The molecule has 0 amide bonds. The summed E-state index contributed by atoms with van der Waals surface area (Å²) in [4.78, 5) is 0. The predicted molar refractivity (Wildman–Crippen MR) is 116 cm³/mol. The molecule has 3 rings (SSSR count). The van der Waals surface area contributed by atoms with Crippen LogP contribution in [0.25, 0.3) is 11.3 Å². The van der Waals surface area contributed by atoms with Crippen LogP contribution in [-0.2, 0) is 21.7 Å². The van der Waals surface area contributed by atoms with Gasteiger partial charge in [0.15, 0.2) is 0 Å². The Morgan fingerprint density at radius 3 is 1.77 bits per heavy atom. The van der Waals surface area contributed by atoms with Gasteiger partial charge in [-0.3, -0.25) is 0 Å². The fourth-order valence-corrected chi connectivity index (χ4v) is 2.84. The minimum Gasteiger partial charge on any atom is -0.699 e. The second-order valence-corrected chi connectivity index (χ2v) is 5.93. The molecule has 1 N–H and O–H groups in total. The standard InChI is InChI=1S/C16H19.C6H6N.2ClH.Ti/c1-5-14-8-6-7-9-15(14)16-10-11(2)12(3)13(16)4;7-6-4-2-1-3-5-6;;;/h5-9H,10H2,1-4H3;1-5,7H;2*1H;/q2*-1;;;+2. The normalized spacial score (nSPS) is 12.2. The maximum Gasteiger partial charge on any atom is 2.00 e. The van der Waals surface area contributed by atoms with Crippen molar-refractivity contribution in [3.8, 4) is 0 Å². The van der Waals surface area contributed by atoms with Gasteiger partial charge in [-0.05, 0) is 32.8 Å². The summed E-state index contributed by atoms with van der Waals surface area (Å²) in [6, 6.07) is 17.8. The average Bonchev–Trinajstić information content (AvgIpc) is 2.83. The molecule has 0 atom stereocenters. The van der Waals surface area contributed by atoms with E-state index >= 15 is 0 Å². The first-order valence-corrected chi connectivity index (χ1v) is 8.06. The molecule has 2 aromatic rings. The van der Waals surface area contributed by atoms with E-state index in [1.165, 1.54) is 33.4 Å². The Hall–Kier alpha value is -1.12. The van der Waals surface area contributed by atoms with Gasteiger partial charge in [0, 0.05) is 0 Å².